The fraction of sp³-hybridized carbons (Fsp3) is 0.596. The number of ether oxygens (including phenoxy) is 7. The highest BCUT2D eigenvalue weighted by molar-refractivity contribution is 5.99. The van der Waals surface area contributed by atoms with E-state index in [0.29, 0.717) is 122 Å². The van der Waals surface area contributed by atoms with Crippen molar-refractivity contribution in [2.75, 3.05) is 149 Å². The Bertz CT molecular complexity index is 2650. The van der Waals surface area contributed by atoms with Gasteiger partial charge in [-0.25, -0.2) is 0 Å². The molecule has 7 rings (SSSR count). The van der Waals surface area contributed by atoms with E-state index in [-0.39, 0.29) is 79.5 Å². The number of likely N-dealkylation sites (tertiary alicyclic amines) is 2. The van der Waals surface area contributed by atoms with Gasteiger partial charge >= 0.3 is 0 Å². The van der Waals surface area contributed by atoms with Gasteiger partial charge in [0.25, 0.3) is 17.3 Å². The van der Waals surface area contributed by atoms with Crippen LogP contribution in [0.3, 0.4) is 0 Å². The molecule has 0 unspecified atom stereocenters. The summed E-state index contributed by atoms with van der Waals surface area (Å²) in [6.07, 6.45) is 3.31. The number of nitrogens with zero attached hydrogens (tertiary/aromatic N) is 4. The number of β-amino-alcohol motifs (C(OH)–C–C–N with tert-alkyl or cyclic N) is 1. The zero-order chi connectivity index (χ0) is 56.7. The molecule has 5 N–H and O–H groups in total. The number of aliphatic hydroxyl groups excluding tert-OH is 1. The number of aromatic nitrogens is 1. The van der Waals surface area contributed by atoms with Crippen LogP contribution in [0.4, 0.5) is 22.7 Å². The van der Waals surface area contributed by atoms with E-state index in [0.717, 1.165) is 55.9 Å². The second-order valence-electron chi connectivity index (χ2n) is 20.7. The van der Waals surface area contributed by atoms with E-state index >= 15 is 0 Å². The summed E-state index contributed by atoms with van der Waals surface area (Å²) in [5.74, 6) is 1.01. The molecule has 0 radical (unpaired) electrons. The van der Waals surface area contributed by atoms with Crippen LogP contribution in [0, 0.1) is 39.0 Å². The van der Waals surface area contributed by atoms with Crippen molar-refractivity contribution in [1.29, 1.82) is 0 Å². The first-order valence-corrected chi connectivity index (χ1v) is 28.0. The van der Waals surface area contributed by atoms with Crippen LogP contribution in [0.5, 0.6) is 5.75 Å². The van der Waals surface area contributed by atoms with Crippen molar-refractivity contribution in [1.82, 2.24) is 20.1 Å². The molecule has 438 valence electrons. The van der Waals surface area contributed by atoms with Crippen molar-refractivity contribution in [2.24, 2.45) is 11.8 Å². The number of rotatable bonds is 36. The Hall–Kier alpha value is -6.31. The van der Waals surface area contributed by atoms with E-state index in [1.165, 1.54) is 28.9 Å². The molecule has 0 bridgehead atoms. The standard InChI is InChI=1S/C57H80N8O15/c1-41-8-11-47-50(35-41)60-40-57(47)16-21-62(38-42(57)2)39-53(67)43-14-19-63(20-15-43)56(69)51-37-46-48(61-51)6-3-7-54(46)80-34-33-79-32-31-77-28-25-74-22-4-5-45(66)10-13-55(68)59-18-24-76-27-30-78-29-26-75-23-17-58-49-12-9-44(64(70)71)36-52(49)65(72)73/h3,6-9,11-12,35-37,42-43,53,58,60-61,67H,4-5,10,13-34,38-40H2,1-2H3,(H,59,68)/t42-,53-,57+/m1/s1. The van der Waals surface area contributed by atoms with E-state index in [1.807, 2.05) is 29.2 Å². The zero-order valence-electron chi connectivity index (χ0n) is 46.3. The molecule has 3 aliphatic rings. The van der Waals surface area contributed by atoms with Gasteiger partial charge in [0.05, 0.1) is 94.7 Å². The van der Waals surface area contributed by atoms with Gasteiger partial charge < -0.3 is 69.0 Å². The minimum absolute atomic E-state index is 0.0110. The molecule has 80 heavy (non-hydrogen) atoms. The topological polar surface area (TPSA) is 281 Å². The molecule has 3 aromatic carbocycles. The average Bonchev–Trinajstić information content (AvgIpc) is 4.18. The highest BCUT2D eigenvalue weighted by Crippen LogP contribution is 2.47. The SMILES string of the molecule is Cc1ccc2c(c1)NC[C@]21CCN(C[C@@H](O)C2CCN(C(=O)c3cc4c(OCCOCCOCCOCCCC(=O)CCC(=O)NCCOCCOCCOCCNc5ccc([N+](=O)[O-])cc5[N+](=O)[O-])cccc4[nH]3)CC2)C[C@H]1C. The number of aliphatic hydroxyl groups is 1. The number of aryl methyl sites for hydroxylation is 1. The molecule has 1 aromatic heterocycles. The maximum Gasteiger partial charge on any atom is 0.299 e. The Labute approximate surface area is 466 Å². The number of fused-ring (bicyclic) bond motifs is 3. The van der Waals surface area contributed by atoms with Gasteiger partial charge in [-0.3, -0.25) is 34.6 Å². The summed E-state index contributed by atoms with van der Waals surface area (Å²) in [7, 11) is 0. The maximum atomic E-state index is 13.7. The molecule has 0 saturated carbocycles. The van der Waals surface area contributed by atoms with Crippen molar-refractivity contribution >= 4 is 51.3 Å². The first-order valence-electron chi connectivity index (χ1n) is 28.0. The van der Waals surface area contributed by atoms with Crippen molar-refractivity contribution in [3.8, 4) is 5.75 Å². The van der Waals surface area contributed by atoms with Gasteiger partial charge in [-0.15, -0.1) is 0 Å². The fourth-order valence-electron chi connectivity index (χ4n) is 10.7. The maximum absolute atomic E-state index is 13.7. The summed E-state index contributed by atoms with van der Waals surface area (Å²) in [5.41, 5.74) is 4.89. The number of carbonyl (C=O) groups excluding carboxylic acids is 3. The number of nitro benzene ring substituents is 2. The number of nitrogens with one attached hydrogen (secondary N) is 4. The Balaban J connectivity index is 0.630. The first-order chi connectivity index (χ1) is 38.8. The summed E-state index contributed by atoms with van der Waals surface area (Å²) in [6, 6.07) is 17.7. The number of Topliss-reactive ketones (excluding diaryl/α,β-unsaturated/α-hetero) is 1. The van der Waals surface area contributed by atoms with Crippen molar-refractivity contribution in [3.05, 3.63) is 97.7 Å². The predicted octanol–water partition coefficient (Wildman–Crippen LogP) is 6.05. The second-order valence-corrected chi connectivity index (χ2v) is 20.7. The highest BCUT2D eigenvalue weighted by Gasteiger charge is 2.46. The van der Waals surface area contributed by atoms with Crippen LogP contribution in [0.2, 0.25) is 0 Å². The Morgan fingerprint density at radius 3 is 2.14 bits per heavy atom. The minimum Gasteiger partial charge on any atom is -0.490 e. The van der Waals surface area contributed by atoms with E-state index in [9.17, 15) is 39.7 Å². The molecule has 23 heteroatoms. The summed E-state index contributed by atoms with van der Waals surface area (Å²) in [6.45, 7) is 14.2. The van der Waals surface area contributed by atoms with Crippen molar-refractivity contribution in [2.45, 2.75) is 70.3 Å². The molecule has 0 aliphatic carbocycles. The van der Waals surface area contributed by atoms with Crippen LogP contribution in [-0.2, 0) is 43.4 Å². The largest absolute Gasteiger partial charge is 0.490 e. The molecular formula is C57H80N8O15. The van der Waals surface area contributed by atoms with E-state index in [4.69, 9.17) is 33.2 Å². The lowest BCUT2D eigenvalue weighted by atomic mass is 9.67. The van der Waals surface area contributed by atoms with Gasteiger partial charge in [-0.1, -0.05) is 25.1 Å². The number of H-pyrrole nitrogens is 1. The number of hydrogen-bond donors (Lipinski definition) is 5. The number of carbonyl (C=O) groups is 3. The summed E-state index contributed by atoms with van der Waals surface area (Å²) in [4.78, 5) is 66.4. The van der Waals surface area contributed by atoms with Gasteiger partial charge in [0.1, 0.15) is 29.5 Å². The number of amides is 2. The third-order valence-electron chi connectivity index (χ3n) is 15.2. The number of hydrogen-bond acceptors (Lipinski definition) is 18. The van der Waals surface area contributed by atoms with Gasteiger partial charge in [0.15, 0.2) is 0 Å². The average molecular weight is 1120 g/mol. The summed E-state index contributed by atoms with van der Waals surface area (Å²) >= 11 is 0. The minimum atomic E-state index is -0.694. The second kappa shape index (κ2) is 31.6. The predicted molar refractivity (Wildman–Crippen MR) is 300 cm³/mol. The van der Waals surface area contributed by atoms with E-state index in [2.05, 4.69) is 57.9 Å². The van der Waals surface area contributed by atoms with Crippen LogP contribution in [-0.4, -0.2) is 192 Å². The van der Waals surface area contributed by atoms with Crippen LogP contribution in [0.15, 0.2) is 60.7 Å². The molecule has 2 fully saturated rings. The molecule has 3 atom stereocenters. The lowest BCUT2D eigenvalue weighted by molar-refractivity contribution is -0.393. The lowest BCUT2D eigenvalue weighted by Crippen LogP contribution is -2.52. The monoisotopic (exact) mass is 1120 g/mol. The molecule has 2 amide bonds. The van der Waals surface area contributed by atoms with Crippen LogP contribution in [0.25, 0.3) is 10.9 Å². The number of piperidine rings is 2. The number of benzene rings is 3. The van der Waals surface area contributed by atoms with Crippen molar-refractivity contribution < 1.29 is 62.5 Å². The third-order valence-corrected chi connectivity index (χ3v) is 15.2. The highest BCUT2D eigenvalue weighted by atomic mass is 16.6. The Kier molecular flexibility index (Phi) is 24.2. The van der Waals surface area contributed by atoms with Gasteiger partial charge in [-0.2, -0.15) is 0 Å². The molecule has 3 aliphatic heterocycles. The number of aromatic amines is 1. The number of ketones is 1. The van der Waals surface area contributed by atoms with E-state index < -0.39 is 21.6 Å². The van der Waals surface area contributed by atoms with Crippen LogP contribution < -0.4 is 20.7 Å². The van der Waals surface area contributed by atoms with Gasteiger partial charge in [0.2, 0.25) is 5.91 Å². The summed E-state index contributed by atoms with van der Waals surface area (Å²) < 4.78 is 39.3. The van der Waals surface area contributed by atoms with Crippen molar-refractivity contribution in [3.63, 3.8) is 0 Å². The third kappa shape index (κ3) is 18.1. The zero-order valence-corrected chi connectivity index (χ0v) is 46.3. The molecule has 4 aromatic rings. The molecule has 4 heterocycles. The smallest absolute Gasteiger partial charge is 0.299 e. The molecule has 2 saturated heterocycles. The quantitative estimate of drug-likeness (QED) is 0.0197. The Morgan fingerprint density at radius 1 is 0.775 bits per heavy atom. The van der Waals surface area contributed by atoms with Gasteiger partial charge in [-0.05, 0) is 92.4 Å². The number of nitro groups is 2. The Morgan fingerprint density at radius 2 is 1.45 bits per heavy atom. The number of anilines is 2. The van der Waals surface area contributed by atoms with Gasteiger partial charge in [0, 0.05) is 99.8 Å². The van der Waals surface area contributed by atoms with Crippen LogP contribution in [0.1, 0.15) is 73.5 Å². The van der Waals surface area contributed by atoms with E-state index in [1.54, 1.807) is 0 Å². The summed E-state index contributed by atoms with van der Waals surface area (Å²) in [5, 5.41) is 43.6. The lowest BCUT2D eigenvalue weighted by Gasteiger charge is -2.46. The molecular weight excluding hydrogens is 1040 g/mol. The van der Waals surface area contributed by atoms with Crippen LogP contribution >= 0.6 is 0 Å². The molecule has 23 nitrogen and oxygen atoms in total. The fourth-order valence-corrected chi connectivity index (χ4v) is 10.7. The number of non-ortho nitro benzene ring substituents is 1. The normalized spacial score (nSPS) is 17.8. The first kappa shape index (κ1) is 61.3. The molecule has 1 spiro atoms.